The molecule has 0 amide bonds. The van der Waals surface area contributed by atoms with Crippen LogP contribution in [0.25, 0.3) is 0 Å². The normalized spacial score (nSPS) is 17.7. The Labute approximate surface area is 127 Å². The van der Waals surface area contributed by atoms with Crippen molar-refractivity contribution >= 4 is 5.78 Å². The highest BCUT2D eigenvalue weighted by Gasteiger charge is 2.33. The molecule has 2 N–H and O–H groups in total. The lowest BCUT2D eigenvalue weighted by Crippen LogP contribution is -2.35. The van der Waals surface area contributed by atoms with E-state index in [0.29, 0.717) is 13.0 Å². The van der Waals surface area contributed by atoms with Crippen molar-refractivity contribution in [1.29, 1.82) is 0 Å². The van der Waals surface area contributed by atoms with Crippen LogP contribution in [0.2, 0.25) is 0 Å². The summed E-state index contributed by atoms with van der Waals surface area (Å²) < 4.78 is 5.67. The average molecular weight is 289 g/mol. The zero-order valence-corrected chi connectivity index (χ0v) is 13.2. The van der Waals surface area contributed by atoms with Crippen LogP contribution in [0.5, 0.6) is 5.75 Å². The van der Waals surface area contributed by atoms with Crippen LogP contribution in [0.1, 0.15) is 62.7 Å². The third-order valence-corrected chi connectivity index (χ3v) is 4.41. The van der Waals surface area contributed by atoms with Gasteiger partial charge in [0, 0.05) is 12.0 Å². The van der Waals surface area contributed by atoms with Gasteiger partial charge in [-0.3, -0.25) is 4.79 Å². The Balaban J connectivity index is 2.08. The molecule has 116 valence electrons. The number of Topliss-reactive ketones (excluding diaryl/α,β-unsaturated/α-hetero) is 1. The molecule has 1 fully saturated rings. The van der Waals surface area contributed by atoms with Gasteiger partial charge < -0.3 is 10.5 Å². The van der Waals surface area contributed by atoms with Crippen molar-refractivity contribution in [3.8, 4) is 5.75 Å². The van der Waals surface area contributed by atoms with Crippen LogP contribution in [-0.2, 0) is 0 Å². The molecule has 1 aromatic rings. The molecule has 2 rings (SSSR count). The Kier molecular flexibility index (Phi) is 5.40. The lowest BCUT2D eigenvalue weighted by molar-refractivity contribution is 0.0867. The summed E-state index contributed by atoms with van der Waals surface area (Å²) in [7, 11) is 0. The molecule has 0 heterocycles. The van der Waals surface area contributed by atoms with Crippen molar-refractivity contribution in [3.63, 3.8) is 0 Å². The fourth-order valence-corrected chi connectivity index (χ4v) is 3.21. The van der Waals surface area contributed by atoms with Gasteiger partial charge in [-0.1, -0.05) is 31.4 Å². The molecule has 0 atom stereocenters. The molecule has 3 nitrogen and oxygen atoms in total. The third kappa shape index (κ3) is 4.31. The summed E-state index contributed by atoms with van der Waals surface area (Å²) in [5.41, 5.74) is 6.74. The Hall–Kier alpha value is -1.35. The lowest BCUT2D eigenvalue weighted by Gasteiger charge is -2.35. The number of hydrogen-bond donors (Lipinski definition) is 1. The fraction of sp³-hybridized carbons (Fsp3) is 0.611. The monoisotopic (exact) mass is 289 g/mol. The molecule has 0 saturated heterocycles. The van der Waals surface area contributed by atoms with E-state index >= 15 is 0 Å². The van der Waals surface area contributed by atoms with Gasteiger partial charge in [-0.25, -0.2) is 0 Å². The molecule has 21 heavy (non-hydrogen) atoms. The molecule has 0 aliphatic heterocycles. The van der Waals surface area contributed by atoms with E-state index in [9.17, 15) is 4.79 Å². The maximum absolute atomic E-state index is 12.6. The van der Waals surface area contributed by atoms with Crippen LogP contribution in [0.3, 0.4) is 0 Å². The van der Waals surface area contributed by atoms with E-state index in [2.05, 4.69) is 0 Å². The van der Waals surface area contributed by atoms with E-state index in [-0.39, 0.29) is 17.3 Å². The maximum Gasteiger partial charge on any atom is 0.163 e. The summed E-state index contributed by atoms with van der Waals surface area (Å²) >= 11 is 0. The van der Waals surface area contributed by atoms with Gasteiger partial charge >= 0.3 is 0 Å². The molecule has 1 saturated carbocycles. The van der Waals surface area contributed by atoms with E-state index in [1.807, 2.05) is 38.1 Å². The van der Waals surface area contributed by atoms with E-state index < -0.39 is 0 Å². The van der Waals surface area contributed by atoms with E-state index in [0.717, 1.165) is 24.2 Å². The molecule has 3 heteroatoms. The third-order valence-electron chi connectivity index (χ3n) is 4.41. The summed E-state index contributed by atoms with van der Waals surface area (Å²) in [6.07, 6.45) is 6.50. The number of ketones is 1. The molecule has 1 aromatic carbocycles. The highest BCUT2D eigenvalue weighted by atomic mass is 16.5. The van der Waals surface area contributed by atoms with Crippen LogP contribution in [0.15, 0.2) is 24.3 Å². The Morgan fingerprint density at radius 2 is 2.00 bits per heavy atom. The highest BCUT2D eigenvalue weighted by molar-refractivity contribution is 5.96. The number of nitrogens with two attached hydrogens (primary N) is 1. The smallest absolute Gasteiger partial charge is 0.163 e. The Morgan fingerprint density at radius 3 is 2.62 bits per heavy atom. The van der Waals surface area contributed by atoms with Gasteiger partial charge in [0.25, 0.3) is 0 Å². The molecule has 0 aromatic heterocycles. The molecule has 0 unspecified atom stereocenters. The minimum absolute atomic E-state index is 0.0181. The van der Waals surface area contributed by atoms with Gasteiger partial charge in [0.1, 0.15) is 5.75 Å². The van der Waals surface area contributed by atoms with Gasteiger partial charge in [-0.05, 0) is 50.8 Å². The first-order chi connectivity index (χ1) is 10.0. The van der Waals surface area contributed by atoms with Crippen molar-refractivity contribution in [2.24, 2.45) is 11.1 Å². The fourth-order valence-electron chi connectivity index (χ4n) is 3.21. The zero-order valence-electron chi connectivity index (χ0n) is 13.2. The van der Waals surface area contributed by atoms with Crippen LogP contribution >= 0.6 is 0 Å². The maximum atomic E-state index is 12.6. The van der Waals surface area contributed by atoms with Crippen molar-refractivity contribution in [1.82, 2.24) is 0 Å². The molecule has 1 aliphatic carbocycles. The average Bonchev–Trinajstić information content (AvgIpc) is 2.48. The predicted molar refractivity (Wildman–Crippen MR) is 85.7 cm³/mol. The van der Waals surface area contributed by atoms with Crippen LogP contribution in [0, 0.1) is 5.41 Å². The second kappa shape index (κ2) is 7.08. The molecular weight excluding hydrogens is 262 g/mol. The van der Waals surface area contributed by atoms with E-state index in [1.165, 1.54) is 19.3 Å². The molecule has 1 aliphatic rings. The first kappa shape index (κ1) is 16.0. The summed E-state index contributed by atoms with van der Waals surface area (Å²) in [5, 5.41) is 0. The second-order valence-electron chi connectivity index (χ2n) is 6.56. The van der Waals surface area contributed by atoms with Gasteiger partial charge in [-0.2, -0.15) is 0 Å². The van der Waals surface area contributed by atoms with Crippen LogP contribution in [-0.4, -0.2) is 18.4 Å². The number of hydrogen-bond acceptors (Lipinski definition) is 3. The highest BCUT2D eigenvalue weighted by Crippen LogP contribution is 2.39. The van der Waals surface area contributed by atoms with Crippen molar-refractivity contribution in [3.05, 3.63) is 29.8 Å². The number of benzene rings is 1. The second-order valence-corrected chi connectivity index (χ2v) is 6.56. The standard InChI is InChI=1S/C18H27NO2/c1-14(2)21-16-8-6-7-15(11-16)17(20)12-18(13-19)9-4-3-5-10-18/h6-8,11,14H,3-5,9-10,12-13,19H2,1-2H3. The zero-order chi connectivity index (χ0) is 15.3. The Bertz CT molecular complexity index is 476. The minimum atomic E-state index is 0.0181. The number of carbonyl (C=O) groups excluding carboxylic acids is 1. The predicted octanol–water partition coefficient (Wildman–Crippen LogP) is 3.96. The van der Waals surface area contributed by atoms with Crippen molar-refractivity contribution in [2.45, 2.75) is 58.5 Å². The largest absolute Gasteiger partial charge is 0.491 e. The first-order valence-corrected chi connectivity index (χ1v) is 8.05. The van der Waals surface area contributed by atoms with E-state index in [1.54, 1.807) is 0 Å². The number of ether oxygens (including phenoxy) is 1. The van der Waals surface area contributed by atoms with Gasteiger partial charge in [0.05, 0.1) is 6.10 Å². The SMILES string of the molecule is CC(C)Oc1cccc(C(=O)CC2(CN)CCCCC2)c1. The van der Waals surface area contributed by atoms with E-state index in [4.69, 9.17) is 10.5 Å². The van der Waals surface area contributed by atoms with Gasteiger partial charge in [-0.15, -0.1) is 0 Å². The van der Waals surface area contributed by atoms with Gasteiger partial charge in [0.15, 0.2) is 5.78 Å². The van der Waals surface area contributed by atoms with Crippen molar-refractivity contribution in [2.75, 3.05) is 6.54 Å². The summed E-state index contributed by atoms with van der Waals surface area (Å²) in [5.74, 6) is 0.956. The quantitative estimate of drug-likeness (QED) is 0.807. The first-order valence-electron chi connectivity index (χ1n) is 8.05. The molecular formula is C18H27NO2. The summed E-state index contributed by atoms with van der Waals surface area (Å²) in [6.45, 7) is 4.58. The molecule has 0 bridgehead atoms. The Morgan fingerprint density at radius 1 is 1.29 bits per heavy atom. The molecule has 0 spiro atoms. The van der Waals surface area contributed by atoms with Crippen LogP contribution in [0.4, 0.5) is 0 Å². The van der Waals surface area contributed by atoms with Crippen LogP contribution < -0.4 is 10.5 Å². The lowest BCUT2D eigenvalue weighted by atomic mass is 9.70. The van der Waals surface area contributed by atoms with Crippen molar-refractivity contribution < 1.29 is 9.53 Å². The summed E-state index contributed by atoms with van der Waals surface area (Å²) in [4.78, 5) is 12.6. The topological polar surface area (TPSA) is 52.3 Å². The molecule has 0 radical (unpaired) electrons. The summed E-state index contributed by atoms with van der Waals surface area (Å²) in [6, 6.07) is 7.52. The van der Waals surface area contributed by atoms with Gasteiger partial charge in [0.2, 0.25) is 0 Å². The minimum Gasteiger partial charge on any atom is -0.491 e. The number of rotatable bonds is 6. The number of carbonyl (C=O) groups is 1.